The van der Waals surface area contributed by atoms with Crippen LogP contribution in [0.25, 0.3) is 0 Å². The Bertz CT molecular complexity index is 462. The first-order chi connectivity index (χ1) is 9.10. The summed E-state index contributed by atoms with van der Waals surface area (Å²) in [5.41, 5.74) is 0.948. The number of aromatic nitrogens is 2. The molecular formula is C13H21N5S. The van der Waals surface area contributed by atoms with Crippen molar-refractivity contribution in [1.29, 1.82) is 0 Å². The molecule has 0 radical (unpaired) electrons. The van der Waals surface area contributed by atoms with Crippen LogP contribution in [-0.2, 0) is 0 Å². The summed E-state index contributed by atoms with van der Waals surface area (Å²) in [4.78, 5) is 11.3. The van der Waals surface area contributed by atoms with Crippen molar-refractivity contribution in [2.75, 3.05) is 23.8 Å². The topological polar surface area (TPSA) is 53.1 Å². The van der Waals surface area contributed by atoms with E-state index in [0.717, 1.165) is 18.1 Å². The van der Waals surface area contributed by atoms with Crippen molar-refractivity contribution >= 4 is 29.1 Å². The van der Waals surface area contributed by atoms with E-state index in [9.17, 15) is 0 Å². The summed E-state index contributed by atoms with van der Waals surface area (Å²) in [5.74, 6) is 1.55. The van der Waals surface area contributed by atoms with Crippen LogP contribution in [0.1, 0.15) is 31.9 Å². The maximum absolute atomic E-state index is 5.09. The number of anilines is 2. The molecule has 19 heavy (non-hydrogen) atoms. The van der Waals surface area contributed by atoms with Crippen LogP contribution in [0.15, 0.2) is 6.07 Å². The van der Waals surface area contributed by atoms with Crippen molar-refractivity contribution in [2.45, 2.75) is 39.2 Å². The lowest BCUT2D eigenvalue weighted by molar-refractivity contribution is 0.481. The molecule has 0 unspecified atom stereocenters. The maximum Gasteiger partial charge on any atom is 0.231 e. The van der Waals surface area contributed by atoms with Crippen LogP contribution in [0.4, 0.5) is 11.8 Å². The van der Waals surface area contributed by atoms with E-state index in [0.29, 0.717) is 17.1 Å². The molecule has 1 aliphatic rings. The summed E-state index contributed by atoms with van der Waals surface area (Å²) in [7, 11) is 1.78. The summed E-state index contributed by atoms with van der Waals surface area (Å²) in [6.07, 6.45) is 3.75. The van der Waals surface area contributed by atoms with Gasteiger partial charge >= 0.3 is 0 Å². The molecule has 5 nitrogen and oxygen atoms in total. The van der Waals surface area contributed by atoms with Crippen molar-refractivity contribution in [3.8, 4) is 0 Å². The van der Waals surface area contributed by atoms with Crippen molar-refractivity contribution < 1.29 is 0 Å². The van der Waals surface area contributed by atoms with Crippen LogP contribution in [0, 0.1) is 6.92 Å². The van der Waals surface area contributed by atoms with Gasteiger partial charge < -0.3 is 15.5 Å². The average molecular weight is 279 g/mol. The Morgan fingerprint density at radius 2 is 2.21 bits per heavy atom. The highest BCUT2D eigenvalue weighted by Gasteiger charge is 2.20. The van der Waals surface area contributed by atoms with Crippen molar-refractivity contribution in [3.63, 3.8) is 0 Å². The Balaban J connectivity index is 2.22. The largest absolute Gasteiger partial charge is 0.365 e. The lowest BCUT2D eigenvalue weighted by Gasteiger charge is -2.34. The van der Waals surface area contributed by atoms with Crippen molar-refractivity contribution in [3.05, 3.63) is 11.8 Å². The predicted molar refractivity (Wildman–Crippen MR) is 82.7 cm³/mol. The van der Waals surface area contributed by atoms with Crippen molar-refractivity contribution in [1.82, 2.24) is 15.3 Å². The average Bonchev–Trinajstić information content (AvgIpc) is 2.38. The second-order valence-electron chi connectivity index (χ2n) is 4.93. The zero-order chi connectivity index (χ0) is 13.8. The van der Waals surface area contributed by atoms with Gasteiger partial charge in [0.05, 0.1) is 0 Å². The number of thiocarbonyl (C=S) groups is 1. The maximum atomic E-state index is 5.09. The summed E-state index contributed by atoms with van der Waals surface area (Å²) < 4.78 is 0. The molecule has 1 saturated heterocycles. The van der Waals surface area contributed by atoms with Gasteiger partial charge in [0.1, 0.15) is 5.82 Å². The van der Waals surface area contributed by atoms with Gasteiger partial charge in [0.25, 0.3) is 0 Å². The fourth-order valence-corrected chi connectivity index (χ4v) is 2.45. The molecule has 2 N–H and O–H groups in total. The number of aryl methyl sites for hydroxylation is 1. The van der Waals surface area contributed by atoms with Gasteiger partial charge in [0.2, 0.25) is 5.95 Å². The van der Waals surface area contributed by atoms with Gasteiger partial charge in [-0.2, -0.15) is 4.98 Å². The van der Waals surface area contributed by atoms with E-state index in [-0.39, 0.29) is 0 Å². The number of rotatable bonds is 2. The number of nitrogens with zero attached hydrogens (tertiary/aromatic N) is 3. The Morgan fingerprint density at radius 3 is 2.89 bits per heavy atom. The Hall–Kier alpha value is -1.43. The van der Waals surface area contributed by atoms with Crippen LogP contribution in [0.5, 0.6) is 0 Å². The lowest BCUT2D eigenvalue weighted by atomic mass is 10.0. The normalized spacial score (nSPS) is 19.1. The Morgan fingerprint density at radius 1 is 1.42 bits per heavy atom. The fourth-order valence-electron chi connectivity index (χ4n) is 2.36. The minimum absolute atomic E-state index is 0.531. The van der Waals surface area contributed by atoms with Gasteiger partial charge in [-0.1, -0.05) is 0 Å². The smallest absolute Gasteiger partial charge is 0.231 e. The standard InChI is InChI=1S/C13H21N5S/c1-9-8-11(18-7-5-4-6-10(18)2)16-12(15-9)17-13(19)14-3/h8,10H,4-7H2,1-3H3,(H2,14,15,16,17,19)/t10-/m1/s1. The van der Waals surface area contributed by atoms with E-state index in [1.54, 1.807) is 7.05 Å². The van der Waals surface area contributed by atoms with Gasteiger partial charge in [0, 0.05) is 31.4 Å². The molecule has 104 valence electrons. The highest BCUT2D eigenvalue weighted by atomic mass is 32.1. The monoisotopic (exact) mass is 279 g/mol. The second kappa shape index (κ2) is 6.14. The van der Waals surface area contributed by atoms with Gasteiger partial charge in [-0.25, -0.2) is 4.98 Å². The summed E-state index contributed by atoms with van der Waals surface area (Å²) in [6.45, 7) is 5.29. The first kappa shape index (κ1) is 14.0. The van der Waals surface area contributed by atoms with E-state index in [4.69, 9.17) is 12.2 Å². The van der Waals surface area contributed by atoms with Gasteiger partial charge in [-0.05, 0) is 45.3 Å². The molecule has 2 heterocycles. The summed E-state index contributed by atoms with van der Waals surface area (Å²) in [6, 6.07) is 2.57. The van der Waals surface area contributed by atoms with Gasteiger partial charge in [0.15, 0.2) is 5.11 Å². The zero-order valence-corrected chi connectivity index (χ0v) is 12.5. The molecule has 1 atom stereocenters. The highest BCUT2D eigenvalue weighted by Crippen LogP contribution is 2.24. The van der Waals surface area contributed by atoms with E-state index in [2.05, 4.69) is 32.4 Å². The molecule has 0 spiro atoms. The SMILES string of the molecule is CNC(=S)Nc1nc(C)cc(N2CCCC[C@H]2C)n1. The molecule has 1 aromatic heterocycles. The molecule has 0 aliphatic carbocycles. The first-order valence-corrected chi connectivity index (χ1v) is 7.12. The quantitative estimate of drug-likeness (QED) is 0.809. The number of hydrogen-bond donors (Lipinski definition) is 2. The minimum atomic E-state index is 0.531. The third kappa shape index (κ3) is 3.53. The lowest BCUT2D eigenvalue weighted by Crippen LogP contribution is -2.38. The second-order valence-corrected chi connectivity index (χ2v) is 5.34. The Labute approximate surface area is 119 Å². The van der Waals surface area contributed by atoms with E-state index < -0.39 is 0 Å². The first-order valence-electron chi connectivity index (χ1n) is 6.71. The van der Waals surface area contributed by atoms with Crippen LogP contribution in [-0.4, -0.2) is 34.7 Å². The van der Waals surface area contributed by atoms with E-state index >= 15 is 0 Å². The highest BCUT2D eigenvalue weighted by molar-refractivity contribution is 7.80. The van der Waals surface area contributed by atoms with E-state index in [1.807, 2.05) is 13.0 Å². The summed E-state index contributed by atoms with van der Waals surface area (Å²) in [5, 5.41) is 6.40. The molecule has 0 aromatic carbocycles. The molecule has 0 amide bonds. The number of nitrogens with one attached hydrogen (secondary N) is 2. The Kier molecular flexibility index (Phi) is 4.52. The third-order valence-corrected chi connectivity index (χ3v) is 3.70. The molecule has 0 saturated carbocycles. The van der Waals surface area contributed by atoms with Crippen LogP contribution in [0.3, 0.4) is 0 Å². The molecule has 0 bridgehead atoms. The molecule has 6 heteroatoms. The van der Waals surface area contributed by atoms with Crippen LogP contribution >= 0.6 is 12.2 Å². The minimum Gasteiger partial charge on any atom is -0.365 e. The van der Waals surface area contributed by atoms with E-state index in [1.165, 1.54) is 19.3 Å². The van der Waals surface area contributed by atoms with Crippen LogP contribution in [0.2, 0.25) is 0 Å². The zero-order valence-electron chi connectivity index (χ0n) is 11.7. The molecular weight excluding hydrogens is 258 g/mol. The predicted octanol–water partition coefficient (Wildman–Crippen LogP) is 2.08. The van der Waals surface area contributed by atoms with Crippen molar-refractivity contribution in [2.24, 2.45) is 0 Å². The van der Waals surface area contributed by atoms with Crippen LogP contribution < -0.4 is 15.5 Å². The molecule has 1 fully saturated rings. The van der Waals surface area contributed by atoms with Gasteiger partial charge in [-0.15, -0.1) is 0 Å². The fraction of sp³-hybridized carbons (Fsp3) is 0.615. The molecule has 2 rings (SSSR count). The van der Waals surface area contributed by atoms with Gasteiger partial charge in [-0.3, -0.25) is 0 Å². The number of hydrogen-bond acceptors (Lipinski definition) is 4. The molecule has 1 aliphatic heterocycles. The number of piperidine rings is 1. The molecule has 1 aromatic rings. The third-order valence-electron chi connectivity index (χ3n) is 3.39. The summed E-state index contributed by atoms with van der Waals surface area (Å²) >= 11 is 5.09.